The molecule has 1 fully saturated rings. The third-order valence-electron chi connectivity index (χ3n) is 5.54. The van der Waals surface area contributed by atoms with Crippen LogP contribution in [0.3, 0.4) is 0 Å². The van der Waals surface area contributed by atoms with Crippen LogP contribution in [0.4, 0.5) is 0 Å². The van der Waals surface area contributed by atoms with Crippen LogP contribution in [0.15, 0.2) is 33.6 Å². The van der Waals surface area contributed by atoms with Crippen LogP contribution >= 0.6 is 0 Å². The molecule has 1 atom stereocenters. The monoisotopic (exact) mass is 395 g/mol. The molecule has 0 saturated heterocycles. The second kappa shape index (κ2) is 8.14. The molecule has 1 unspecified atom stereocenters. The molecule has 1 N–H and O–H groups in total. The molecule has 152 valence electrons. The zero-order valence-corrected chi connectivity index (χ0v) is 16.7. The van der Waals surface area contributed by atoms with Crippen molar-refractivity contribution in [3.8, 4) is 0 Å². The topological polar surface area (TPSA) is 103 Å². The second-order valence-electron chi connectivity index (χ2n) is 7.71. The quantitative estimate of drug-likeness (QED) is 0.713. The highest BCUT2D eigenvalue weighted by molar-refractivity contribution is 5.88. The van der Waals surface area contributed by atoms with E-state index in [9.17, 15) is 9.59 Å². The maximum atomic E-state index is 12.6. The number of amides is 1. The van der Waals surface area contributed by atoms with Gasteiger partial charge in [0.15, 0.2) is 5.82 Å². The SMILES string of the molecule is CC(NC(=O)Cc1nn(C)c(=O)c2ccccc12)c1nc(C2CCCCC2)no1. The number of aromatic nitrogens is 4. The average Bonchev–Trinajstić information content (AvgIpc) is 3.23. The zero-order chi connectivity index (χ0) is 20.4. The average molecular weight is 395 g/mol. The van der Waals surface area contributed by atoms with E-state index in [1.165, 1.54) is 23.9 Å². The van der Waals surface area contributed by atoms with Gasteiger partial charge in [-0.15, -0.1) is 0 Å². The van der Waals surface area contributed by atoms with Gasteiger partial charge in [-0.25, -0.2) is 4.68 Å². The molecule has 0 bridgehead atoms. The summed E-state index contributed by atoms with van der Waals surface area (Å²) in [5.74, 6) is 1.29. The molecule has 8 heteroatoms. The Morgan fingerprint density at radius 3 is 2.72 bits per heavy atom. The van der Waals surface area contributed by atoms with Gasteiger partial charge in [0, 0.05) is 18.4 Å². The van der Waals surface area contributed by atoms with Crippen LogP contribution in [-0.2, 0) is 18.3 Å². The lowest BCUT2D eigenvalue weighted by Gasteiger charge is -2.17. The first-order chi connectivity index (χ1) is 14.0. The lowest BCUT2D eigenvalue weighted by molar-refractivity contribution is -0.121. The maximum absolute atomic E-state index is 12.6. The molecule has 0 radical (unpaired) electrons. The number of carbonyl (C=O) groups excluding carboxylic acids is 1. The van der Waals surface area contributed by atoms with E-state index in [1.807, 2.05) is 19.1 Å². The van der Waals surface area contributed by atoms with Gasteiger partial charge in [-0.1, -0.05) is 42.6 Å². The Bertz CT molecular complexity index is 1080. The second-order valence-corrected chi connectivity index (χ2v) is 7.71. The van der Waals surface area contributed by atoms with E-state index in [2.05, 4.69) is 20.6 Å². The van der Waals surface area contributed by atoms with Crippen molar-refractivity contribution >= 4 is 16.7 Å². The molecular formula is C21H25N5O3. The molecule has 1 aliphatic carbocycles. The molecule has 29 heavy (non-hydrogen) atoms. The van der Waals surface area contributed by atoms with Crippen molar-refractivity contribution in [2.45, 2.75) is 57.4 Å². The summed E-state index contributed by atoms with van der Waals surface area (Å²) in [4.78, 5) is 29.4. The lowest BCUT2D eigenvalue weighted by Crippen LogP contribution is -2.30. The van der Waals surface area contributed by atoms with Crippen molar-refractivity contribution in [2.24, 2.45) is 7.05 Å². The minimum absolute atomic E-state index is 0.0581. The van der Waals surface area contributed by atoms with Crippen molar-refractivity contribution in [3.05, 3.63) is 52.0 Å². The normalized spacial score (nSPS) is 16.1. The highest BCUT2D eigenvalue weighted by atomic mass is 16.5. The number of nitrogens with one attached hydrogen (secondary N) is 1. The zero-order valence-electron chi connectivity index (χ0n) is 16.7. The minimum Gasteiger partial charge on any atom is -0.344 e. The van der Waals surface area contributed by atoms with E-state index >= 15 is 0 Å². The third kappa shape index (κ3) is 4.06. The molecule has 0 spiro atoms. The van der Waals surface area contributed by atoms with Gasteiger partial charge in [0.25, 0.3) is 5.56 Å². The number of carbonyl (C=O) groups is 1. The predicted molar refractivity (Wildman–Crippen MR) is 107 cm³/mol. The molecule has 2 heterocycles. The summed E-state index contributed by atoms with van der Waals surface area (Å²) in [6, 6.07) is 6.79. The van der Waals surface area contributed by atoms with Crippen LogP contribution in [0.5, 0.6) is 0 Å². The lowest BCUT2D eigenvalue weighted by atomic mass is 9.89. The van der Waals surface area contributed by atoms with Crippen molar-refractivity contribution in [1.29, 1.82) is 0 Å². The van der Waals surface area contributed by atoms with Gasteiger partial charge in [-0.2, -0.15) is 10.1 Å². The number of aryl methyl sites for hydroxylation is 1. The van der Waals surface area contributed by atoms with Gasteiger partial charge in [0.1, 0.15) is 6.04 Å². The van der Waals surface area contributed by atoms with Crippen LogP contribution in [-0.4, -0.2) is 25.8 Å². The third-order valence-corrected chi connectivity index (χ3v) is 5.54. The largest absolute Gasteiger partial charge is 0.344 e. The Balaban J connectivity index is 1.46. The summed E-state index contributed by atoms with van der Waals surface area (Å²) in [7, 11) is 1.59. The first kappa shape index (κ1) is 19.3. The molecule has 1 saturated carbocycles. The van der Waals surface area contributed by atoms with Crippen LogP contribution in [0.1, 0.15) is 68.4 Å². The Kier molecular flexibility index (Phi) is 5.42. The van der Waals surface area contributed by atoms with E-state index in [4.69, 9.17) is 4.52 Å². The standard InChI is InChI=1S/C21H25N5O3/c1-13(20-23-19(25-29-20)14-8-4-3-5-9-14)22-18(27)12-17-15-10-6-7-11-16(15)21(28)26(2)24-17/h6-7,10-11,13-14H,3-5,8-9,12H2,1-2H3,(H,22,27). The van der Waals surface area contributed by atoms with Crippen molar-refractivity contribution in [2.75, 3.05) is 0 Å². The number of benzene rings is 1. The van der Waals surface area contributed by atoms with E-state index < -0.39 is 6.04 Å². The number of hydrogen-bond acceptors (Lipinski definition) is 6. The predicted octanol–water partition coefficient (Wildman–Crippen LogP) is 2.78. The summed E-state index contributed by atoms with van der Waals surface area (Å²) in [6.07, 6.45) is 5.89. The Morgan fingerprint density at radius 2 is 1.97 bits per heavy atom. The molecular weight excluding hydrogens is 370 g/mol. The summed E-state index contributed by atoms with van der Waals surface area (Å²) >= 11 is 0. The summed E-state index contributed by atoms with van der Waals surface area (Å²) in [6.45, 7) is 1.82. The smallest absolute Gasteiger partial charge is 0.274 e. The van der Waals surface area contributed by atoms with E-state index in [0.717, 1.165) is 18.7 Å². The number of nitrogens with zero attached hydrogens (tertiary/aromatic N) is 4. The molecule has 1 aromatic carbocycles. The van der Waals surface area contributed by atoms with E-state index in [0.29, 0.717) is 28.3 Å². The van der Waals surface area contributed by atoms with Gasteiger partial charge < -0.3 is 9.84 Å². The van der Waals surface area contributed by atoms with Crippen LogP contribution in [0.25, 0.3) is 10.8 Å². The van der Waals surface area contributed by atoms with Gasteiger partial charge >= 0.3 is 0 Å². The van der Waals surface area contributed by atoms with Gasteiger partial charge in [0.05, 0.1) is 17.5 Å². The van der Waals surface area contributed by atoms with Crippen molar-refractivity contribution < 1.29 is 9.32 Å². The number of fused-ring (bicyclic) bond motifs is 1. The van der Waals surface area contributed by atoms with Crippen molar-refractivity contribution in [1.82, 2.24) is 25.2 Å². The molecule has 1 aliphatic rings. The number of hydrogen-bond donors (Lipinski definition) is 1. The highest BCUT2D eigenvalue weighted by Gasteiger charge is 2.23. The Morgan fingerprint density at radius 1 is 1.24 bits per heavy atom. The minimum atomic E-state index is -0.397. The Hall–Kier alpha value is -3.03. The van der Waals surface area contributed by atoms with E-state index in [-0.39, 0.29) is 17.9 Å². The first-order valence-corrected chi connectivity index (χ1v) is 10.1. The van der Waals surface area contributed by atoms with Gasteiger partial charge in [-0.05, 0) is 25.8 Å². The fourth-order valence-electron chi connectivity index (χ4n) is 3.96. The van der Waals surface area contributed by atoms with Crippen molar-refractivity contribution in [3.63, 3.8) is 0 Å². The van der Waals surface area contributed by atoms with Crippen LogP contribution in [0, 0.1) is 0 Å². The fourth-order valence-corrected chi connectivity index (χ4v) is 3.96. The molecule has 2 aromatic heterocycles. The van der Waals surface area contributed by atoms with Gasteiger partial charge in [0.2, 0.25) is 11.8 Å². The van der Waals surface area contributed by atoms with E-state index in [1.54, 1.807) is 19.2 Å². The van der Waals surface area contributed by atoms with Gasteiger partial charge in [-0.3, -0.25) is 9.59 Å². The molecule has 4 rings (SSSR count). The summed E-state index contributed by atoms with van der Waals surface area (Å²) in [5.41, 5.74) is 0.375. The number of rotatable bonds is 5. The fraction of sp³-hybridized carbons (Fsp3) is 0.476. The highest BCUT2D eigenvalue weighted by Crippen LogP contribution is 2.31. The summed E-state index contributed by atoms with van der Waals surface area (Å²) in [5, 5.41) is 12.5. The van der Waals surface area contributed by atoms with Crippen LogP contribution < -0.4 is 10.9 Å². The summed E-state index contributed by atoms with van der Waals surface area (Å²) < 4.78 is 6.67. The first-order valence-electron chi connectivity index (χ1n) is 10.1. The molecule has 8 nitrogen and oxygen atoms in total. The molecule has 0 aliphatic heterocycles. The maximum Gasteiger partial charge on any atom is 0.274 e. The van der Waals surface area contributed by atoms with Crippen LogP contribution in [0.2, 0.25) is 0 Å². The Labute approximate surface area is 168 Å². The molecule has 3 aromatic rings. The molecule has 1 amide bonds.